The highest BCUT2D eigenvalue weighted by atomic mass is 35.5. The Morgan fingerprint density at radius 2 is 1.72 bits per heavy atom. The van der Waals surface area contributed by atoms with Crippen molar-refractivity contribution in [2.45, 2.75) is 26.3 Å². The monoisotopic (exact) mass is 462 g/mol. The fourth-order valence-electron chi connectivity index (χ4n) is 4.66. The van der Waals surface area contributed by atoms with Crippen LogP contribution in [0.1, 0.15) is 47.8 Å². The predicted molar refractivity (Wildman–Crippen MR) is 133 cm³/mol. The number of hydrogen-bond donors (Lipinski definition) is 1. The summed E-state index contributed by atoms with van der Waals surface area (Å²) in [6, 6.07) is 21.5. The van der Waals surface area contributed by atoms with Gasteiger partial charge in [-0.2, -0.15) is 0 Å². The van der Waals surface area contributed by atoms with E-state index in [1.54, 1.807) is 6.07 Å². The molecule has 32 heavy (non-hydrogen) atoms. The van der Waals surface area contributed by atoms with Gasteiger partial charge in [0.05, 0.1) is 16.8 Å². The maximum atomic E-state index is 13.5. The van der Waals surface area contributed by atoms with Gasteiger partial charge >= 0.3 is 0 Å². The number of amides is 1. The van der Waals surface area contributed by atoms with Gasteiger partial charge in [0.15, 0.2) is 0 Å². The zero-order chi connectivity index (χ0) is 22.4. The summed E-state index contributed by atoms with van der Waals surface area (Å²) in [6.45, 7) is 5.07. The third-order valence-corrected chi connectivity index (χ3v) is 6.77. The average molecular weight is 463 g/mol. The van der Waals surface area contributed by atoms with Crippen LogP contribution in [0.3, 0.4) is 0 Å². The van der Waals surface area contributed by atoms with Gasteiger partial charge < -0.3 is 9.88 Å². The second kappa shape index (κ2) is 8.31. The standard InChI is InChI=1S/C27H24Cl2N2O/c1-16(2)13-14-31-26(18-7-3-4-8-19(18)27(31)32)24-21-9-5-6-10-23(21)30-25(24)20-12-11-17(28)15-22(20)29/h3-12,15-16,26,30H,13-14H2,1-2H3. The Labute approximate surface area is 198 Å². The molecule has 5 rings (SSSR count). The maximum absolute atomic E-state index is 13.5. The van der Waals surface area contributed by atoms with Crippen molar-refractivity contribution in [1.82, 2.24) is 9.88 Å². The largest absolute Gasteiger partial charge is 0.354 e. The summed E-state index contributed by atoms with van der Waals surface area (Å²) in [5.41, 5.74) is 5.72. The highest BCUT2D eigenvalue weighted by Gasteiger charge is 2.40. The lowest BCUT2D eigenvalue weighted by atomic mass is 9.93. The van der Waals surface area contributed by atoms with E-state index in [0.29, 0.717) is 22.5 Å². The Bertz CT molecular complexity index is 1320. The number of rotatable bonds is 5. The average Bonchev–Trinajstić information content (AvgIpc) is 3.27. The van der Waals surface area contributed by atoms with Crippen molar-refractivity contribution >= 4 is 40.0 Å². The molecule has 0 radical (unpaired) electrons. The summed E-state index contributed by atoms with van der Waals surface area (Å²) in [5.74, 6) is 0.588. The summed E-state index contributed by atoms with van der Waals surface area (Å²) in [7, 11) is 0. The normalized spacial score (nSPS) is 15.7. The first-order valence-corrected chi connectivity index (χ1v) is 11.7. The van der Waals surface area contributed by atoms with Crippen LogP contribution in [0.4, 0.5) is 0 Å². The molecule has 5 heteroatoms. The van der Waals surface area contributed by atoms with Gasteiger partial charge in [0, 0.05) is 39.2 Å². The van der Waals surface area contributed by atoms with Crippen molar-refractivity contribution in [3.63, 3.8) is 0 Å². The van der Waals surface area contributed by atoms with E-state index in [1.807, 2.05) is 47.4 Å². The molecule has 0 bridgehead atoms. The molecule has 1 unspecified atom stereocenters. The van der Waals surface area contributed by atoms with Crippen LogP contribution in [-0.4, -0.2) is 22.3 Å². The van der Waals surface area contributed by atoms with Crippen molar-refractivity contribution in [2.75, 3.05) is 6.54 Å². The maximum Gasteiger partial charge on any atom is 0.255 e. The first-order chi connectivity index (χ1) is 15.5. The van der Waals surface area contributed by atoms with Gasteiger partial charge in [-0.25, -0.2) is 0 Å². The summed E-state index contributed by atoms with van der Waals surface area (Å²) in [5, 5.41) is 2.27. The summed E-state index contributed by atoms with van der Waals surface area (Å²) < 4.78 is 0. The van der Waals surface area contributed by atoms with Crippen LogP contribution in [0, 0.1) is 5.92 Å². The highest BCUT2D eigenvalue weighted by molar-refractivity contribution is 6.36. The number of carbonyl (C=O) groups excluding carboxylic acids is 1. The van der Waals surface area contributed by atoms with Crippen LogP contribution in [0.5, 0.6) is 0 Å². The Hall–Kier alpha value is -2.75. The number of nitrogens with one attached hydrogen (secondary N) is 1. The van der Waals surface area contributed by atoms with Gasteiger partial charge in [0.1, 0.15) is 0 Å². The van der Waals surface area contributed by atoms with Crippen LogP contribution in [-0.2, 0) is 0 Å². The van der Waals surface area contributed by atoms with Crippen LogP contribution in [0.15, 0.2) is 66.7 Å². The Balaban J connectivity index is 1.77. The van der Waals surface area contributed by atoms with E-state index in [9.17, 15) is 4.79 Å². The number of hydrogen-bond acceptors (Lipinski definition) is 1. The fraction of sp³-hybridized carbons (Fsp3) is 0.222. The number of carbonyl (C=O) groups is 1. The molecule has 1 aliphatic rings. The first-order valence-electron chi connectivity index (χ1n) is 10.9. The van der Waals surface area contributed by atoms with Crippen molar-refractivity contribution in [1.29, 1.82) is 0 Å². The lowest BCUT2D eigenvalue weighted by molar-refractivity contribution is 0.0743. The second-order valence-electron chi connectivity index (χ2n) is 8.75. The van der Waals surface area contributed by atoms with E-state index in [4.69, 9.17) is 23.2 Å². The number of aromatic nitrogens is 1. The molecule has 0 saturated carbocycles. The van der Waals surface area contributed by atoms with Gasteiger partial charge in [0.2, 0.25) is 0 Å². The van der Waals surface area contributed by atoms with E-state index >= 15 is 0 Å². The summed E-state index contributed by atoms with van der Waals surface area (Å²) >= 11 is 12.8. The van der Waals surface area contributed by atoms with Crippen LogP contribution >= 0.6 is 23.2 Å². The van der Waals surface area contributed by atoms with Crippen LogP contribution in [0.2, 0.25) is 10.0 Å². The molecule has 3 aromatic carbocycles. The van der Waals surface area contributed by atoms with Crippen molar-refractivity contribution < 1.29 is 4.79 Å². The number of aromatic amines is 1. The molecular weight excluding hydrogens is 439 g/mol. The molecule has 1 N–H and O–H groups in total. The molecule has 4 aromatic rings. The minimum absolute atomic E-state index is 0.0877. The number of fused-ring (bicyclic) bond motifs is 2. The first kappa shape index (κ1) is 21.1. The van der Waals surface area contributed by atoms with Gasteiger partial charge in [-0.1, -0.05) is 73.4 Å². The van der Waals surface area contributed by atoms with Gasteiger partial charge in [0.25, 0.3) is 5.91 Å². The van der Waals surface area contributed by atoms with Gasteiger partial charge in [-0.15, -0.1) is 0 Å². The minimum Gasteiger partial charge on any atom is -0.354 e. The molecule has 162 valence electrons. The van der Waals surface area contributed by atoms with E-state index in [2.05, 4.69) is 37.0 Å². The quantitative estimate of drug-likeness (QED) is 0.323. The van der Waals surface area contributed by atoms with Gasteiger partial charge in [-0.05, 0) is 48.2 Å². The lowest BCUT2D eigenvalue weighted by Gasteiger charge is -2.27. The zero-order valence-corrected chi connectivity index (χ0v) is 19.5. The fourth-order valence-corrected chi connectivity index (χ4v) is 5.16. The Morgan fingerprint density at radius 3 is 2.50 bits per heavy atom. The summed E-state index contributed by atoms with van der Waals surface area (Å²) in [4.78, 5) is 19.1. The number of nitrogens with zero attached hydrogens (tertiary/aromatic N) is 1. The minimum atomic E-state index is -0.185. The SMILES string of the molecule is CC(C)CCN1C(=O)c2ccccc2C1c1c(-c2ccc(Cl)cc2Cl)[nH]c2ccccc12. The molecular formula is C27H24Cl2N2O. The van der Waals surface area contributed by atoms with E-state index in [-0.39, 0.29) is 11.9 Å². The van der Waals surface area contributed by atoms with Crippen molar-refractivity contribution in [2.24, 2.45) is 5.92 Å². The number of benzene rings is 3. The number of para-hydroxylation sites is 1. The molecule has 2 heterocycles. The van der Waals surface area contributed by atoms with Crippen LogP contribution < -0.4 is 0 Å². The number of halogens is 2. The Kier molecular flexibility index (Phi) is 5.48. The lowest BCUT2D eigenvalue weighted by Crippen LogP contribution is -2.30. The topological polar surface area (TPSA) is 36.1 Å². The van der Waals surface area contributed by atoms with E-state index in [1.165, 1.54) is 0 Å². The molecule has 1 amide bonds. The highest BCUT2D eigenvalue weighted by Crippen LogP contribution is 2.46. The van der Waals surface area contributed by atoms with E-state index < -0.39 is 0 Å². The number of H-pyrrole nitrogens is 1. The molecule has 0 fully saturated rings. The van der Waals surface area contributed by atoms with Crippen LogP contribution in [0.25, 0.3) is 22.2 Å². The van der Waals surface area contributed by atoms with Crippen molar-refractivity contribution in [3.05, 3.63) is 93.5 Å². The zero-order valence-electron chi connectivity index (χ0n) is 18.0. The summed E-state index contributed by atoms with van der Waals surface area (Å²) in [6.07, 6.45) is 0.940. The molecule has 1 aromatic heterocycles. The van der Waals surface area contributed by atoms with Crippen molar-refractivity contribution in [3.8, 4) is 11.3 Å². The Morgan fingerprint density at radius 1 is 0.969 bits per heavy atom. The predicted octanol–water partition coefficient (Wildman–Crippen LogP) is 7.73. The third-order valence-electron chi connectivity index (χ3n) is 6.23. The third kappa shape index (κ3) is 3.50. The van der Waals surface area contributed by atoms with E-state index in [0.717, 1.165) is 45.3 Å². The molecule has 0 aliphatic carbocycles. The smallest absolute Gasteiger partial charge is 0.255 e. The molecule has 0 saturated heterocycles. The molecule has 1 aliphatic heterocycles. The second-order valence-corrected chi connectivity index (χ2v) is 9.60. The van der Waals surface area contributed by atoms with Gasteiger partial charge in [-0.3, -0.25) is 4.79 Å². The molecule has 0 spiro atoms. The molecule has 1 atom stereocenters. The molecule has 3 nitrogen and oxygen atoms in total.